The molecule has 0 amide bonds. The van der Waals surface area contributed by atoms with Crippen molar-refractivity contribution in [1.82, 2.24) is 14.6 Å². The van der Waals surface area contributed by atoms with Crippen molar-refractivity contribution in [2.75, 3.05) is 17.2 Å². The standard InChI is InChI=1S/C11H14N4O2S/c12-9-4-1-5-10-13-11(14-15(9)10)8-3-2-6-18(16,17)7-8/h1,4-5,8H,2-3,6-7,12H2. The lowest BCUT2D eigenvalue weighted by atomic mass is 10.1. The van der Waals surface area contributed by atoms with E-state index in [9.17, 15) is 8.42 Å². The summed E-state index contributed by atoms with van der Waals surface area (Å²) in [7, 11) is -2.95. The lowest BCUT2D eigenvalue weighted by Gasteiger charge is -2.18. The third-order valence-electron chi connectivity index (χ3n) is 3.23. The largest absolute Gasteiger partial charge is 0.384 e. The number of hydrogen-bond donors (Lipinski definition) is 1. The van der Waals surface area contributed by atoms with Crippen LogP contribution in [0.3, 0.4) is 0 Å². The molecule has 6 nitrogen and oxygen atoms in total. The Morgan fingerprint density at radius 2 is 2.22 bits per heavy atom. The molecule has 18 heavy (non-hydrogen) atoms. The molecule has 1 aliphatic heterocycles. The van der Waals surface area contributed by atoms with E-state index in [1.165, 1.54) is 0 Å². The number of pyridine rings is 1. The molecule has 2 aromatic rings. The van der Waals surface area contributed by atoms with Gasteiger partial charge < -0.3 is 5.73 Å². The van der Waals surface area contributed by atoms with Crippen LogP contribution in [0.4, 0.5) is 5.82 Å². The summed E-state index contributed by atoms with van der Waals surface area (Å²) in [5.41, 5.74) is 6.45. The van der Waals surface area contributed by atoms with Crippen LogP contribution in [0, 0.1) is 0 Å². The third kappa shape index (κ3) is 1.94. The molecule has 1 aliphatic rings. The molecule has 2 aromatic heterocycles. The van der Waals surface area contributed by atoms with Crippen LogP contribution in [0.5, 0.6) is 0 Å². The molecule has 1 unspecified atom stereocenters. The highest BCUT2D eigenvalue weighted by Crippen LogP contribution is 2.26. The Kier molecular flexibility index (Phi) is 2.51. The number of nitrogen functional groups attached to an aromatic ring is 1. The van der Waals surface area contributed by atoms with Crippen LogP contribution in [0.15, 0.2) is 18.2 Å². The van der Waals surface area contributed by atoms with E-state index in [-0.39, 0.29) is 17.4 Å². The van der Waals surface area contributed by atoms with E-state index < -0.39 is 9.84 Å². The Balaban J connectivity index is 2.02. The number of nitrogens with two attached hydrogens (primary N) is 1. The van der Waals surface area contributed by atoms with Gasteiger partial charge in [0.05, 0.1) is 11.5 Å². The highest BCUT2D eigenvalue weighted by molar-refractivity contribution is 7.91. The molecule has 3 rings (SSSR count). The molecule has 0 saturated carbocycles. The summed E-state index contributed by atoms with van der Waals surface area (Å²) >= 11 is 0. The molecular weight excluding hydrogens is 252 g/mol. The van der Waals surface area contributed by atoms with Crippen molar-refractivity contribution in [3.63, 3.8) is 0 Å². The summed E-state index contributed by atoms with van der Waals surface area (Å²) in [5.74, 6) is 1.40. The highest BCUT2D eigenvalue weighted by atomic mass is 32.2. The Morgan fingerprint density at radius 1 is 1.39 bits per heavy atom. The summed E-state index contributed by atoms with van der Waals surface area (Å²) in [5, 5.41) is 4.32. The molecule has 2 N–H and O–H groups in total. The highest BCUT2D eigenvalue weighted by Gasteiger charge is 2.28. The average Bonchev–Trinajstić information content (AvgIpc) is 2.73. The Bertz CT molecular complexity index is 692. The van der Waals surface area contributed by atoms with Gasteiger partial charge in [-0.05, 0) is 25.0 Å². The normalized spacial score (nSPS) is 23.2. The predicted molar refractivity (Wildman–Crippen MR) is 68.0 cm³/mol. The predicted octanol–water partition coefficient (Wildman–Crippen LogP) is 0.604. The number of nitrogens with zero attached hydrogens (tertiary/aromatic N) is 3. The molecule has 0 spiro atoms. The summed E-state index contributed by atoms with van der Waals surface area (Å²) in [6, 6.07) is 5.36. The van der Waals surface area contributed by atoms with Crippen molar-refractivity contribution in [3.05, 3.63) is 24.0 Å². The SMILES string of the molecule is Nc1cccc2nc(C3CCCS(=O)(=O)C3)nn12. The van der Waals surface area contributed by atoms with E-state index in [4.69, 9.17) is 5.73 Å². The molecule has 1 atom stereocenters. The Labute approximate surface area is 105 Å². The number of anilines is 1. The molecule has 1 saturated heterocycles. The van der Waals surface area contributed by atoms with E-state index in [1.807, 2.05) is 6.07 Å². The summed E-state index contributed by atoms with van der Waals surface area (Å²) in [6.45, 7) is 0. The average molecular weight is 266 g/mol. The van der Waals surface area contributed by atoms with Crippen LogP contribution < -0.4 is 5.73 Å². The fraction of sp³-hybridized carbons (Fsp3) is 0.455. The molecule has 96 valence electrons. The quantitative estimate of drug-likeness (QED) is 0.816. The number of hydrogen-bond acceptors (Lipinski definition) is 5. The minimum atomic E-state index is -2.95. The smallest absolute Gasteiger partial charge is 0.157 e. The van der Waals surface area contributed by atoms with Crippen LogP contribution in [0.1, 0.15) is 24.6 Å². The van der Waals surface area contributed by atoms with Crippen LogP contribution in [-0.4, -0.2) is 34.5 Å². The zero-order valence-electron chi connectivity index (χ0n) is 9.78. The second-order valence-electron chi connectivity index (χ2n) is 4.64. The van der Waals surface area contributed by atoms with E-state index in [0.717, 1.165) is 6.42 Å². The van der Waals surface area contributed by atoms with Gasteiger partial charge in [0, 0.05) is 5.92 Å². The molecule has 0 radical (unpaired) electrons. The van der Waals surface area contributed by atoms with Crippen LogP contribution >= 0.6 is 0 Å². The van der Waals surface area contributed by atoms with Gasteiger partial charge in [-0.25, -0.2) is 13.4 Å². The van der Waals surface area contributed by atoms with Gasteiger partial charge in [0.25, 0.3) is 0 Å². The molecule has 0 bridgehead atoms. The van der Waals surface area contributed by atoms with Crippen molar-refractivity contribution in [2.45, 2.75) is 18.8 Å². The summed E-state index contributed by atoms with van der Waals surface area (Å²) in [4.78, 5) is 4.37. The lowest BCUT2D eigenvalue weighted by Crippen LogP contribution is -2.24. The fourth-order valence-electron chi connectivity index (χ4n) is 2.34. The van der Waals surface area contributed by atoms with E-state index >= 15 is 0 Å². The van der Waals surface area contributed by atoms with Gasteiger partial charge in [-0.3, -0.25) is 0 Å². The minimum Gasteiger partial charge on any atom is -0.384 e. The van der Waals surface area contributed by atoms with Crippen molar-refractivity contribution >= 4 is 21.3 Å². The molecule has 0 aliphatic carbocycles. The maximum absolute atomic E-state index is 11.6. The first-order chi connectivity index (χ1) is 8.55. The summed E-state index contributed by atoms with van der Waals surface area (Å²) in [6.07, 6.45) is 1.49. The Hall–Kier alpha value is -1.63. The molecule has 3 heterocycles. The van der Waals surface area contributed by atoms with Crippen LogP contribution in [0.2, 0.25) is 0 Å². The summed E-state index contributed by atoms with van der Waals surface area (Å²) < 4.78 is 24.8. The third-order valence-corrected chi connectivity index (χ3v) is 5.05. The van der Waals surface area contributed by atoms with Crippen molar-refractivity contribution in [1.29, 1.82) is 0 Å². The maximum atomic E-state index is 11.6. The topological polar surface area (TPSA) is 90.3 Å². The molecule has 0 aromatic carbocycles. The number of rotatable bonds is 1. The van der Waals surface area contributed by atoms with Gasteiger partial charge in [-0.1, -0.05) is 6.07 Å². The van der Waals surface area contributed by atoms with Gasteiger partial charge >= 0.3 is 0 Å². The first kappa shape index (κ1) is 11.5. The number of aromatic nitrogens is 3. The molecular formula is C11H14N4O2S. The van der Waals surface area contributed by atoms with E-state index in [0.29, 0.717) is 23.7 Å². The monoisotopic (exact) mass is 266 g/mol. The minimum absolute atomic E-state index is 0.108. The van der Waals surface area contributed by atoms with Gasteiger partial charge in [-0.2, -0.15) is 4.52 Å². The maximum Gasteiger partial charge on any atom is 0.157 e. The van der Waals surface area contributed by atoms with E-state index in [2.05, 4.69) is 10.1 Å². The van der Waals surface area contributed by atoms with E-state index in [1.54, 1.807) is 16.6 Å². The zero-order chi connectivity index (χ0) is 12.8. The second kappa shape index (κ2) is 3.94. The first-order valence-electron chi connectivity index (χ1n) is 5.87. The lowest BCUT2D eigenvalue weighted by molar-refractivity contribution is 0.543. The number of sulfone groups is 1. The first-order valence-corrected chi connectivity index (χ1v) is 7.69. The second-order valence-corrected chi connectivity index (χ2v) is 6.87. The zero-order valence-corrected chi connectivity index (χ0v) is 10.6. The fourth-order valence-corrected chi connectivity index (χ4v) is 4.04. The van der Waals surface area contributed by atoms with Gasteiger partial charge in [0.15, 0.2) is 21.3 Å². The van der Waals surface area contributed by atoms with Gasteiger partial charge in [0.2, 0.25) is 0 Å². The van der Waals surface area contributed by atoms with Gasteiger partial charge in [0.1, 0.15) is 5.82 Å². The Morgan fingerprint density at radius 3 is 2.94 bits per heavy atom. The molecule has 1 fully saturated rings. The van der Waals surface area contributed by atoms with Gasteiger partial charge in [-0.15, -0.1) is 5.10 Å². The van der Waals surface area contributed by atoms with Crippen molar-refractivity contribution in [2.24, 2.45) is 0 Å². The van der Waals surface area contributed by atoms with Crippen LogP contribution in [-0.2, 0) is 9.84 Å². The molecule has 7 heteroatoms. The number of fused-ring (bicyclic) bond motifs is 1. The van der Waals surface area contributed by atoms with Crippen molar-refractivity contribution in [3.8, 4) is 0 Å². The van der Waals surface area contributed by atoms with Crippen LogP contribution in [0.25, 0.3) is 5.65 Å². The van der Waals surface area contributed by atoms with Crippen molar-refractivity contribution < 1.29 is 8.42 Å².